The Kier molecular flexibility index (Phi) is 6.76. The van der Waals surface area contributed by atoms with Gasteiger partial charge in [0.05, 0.1) is 22.3 Å². The fourth-order valence-electron chi connectivity index (χ4n) is 11.3. The van der Waals surface area contributed by atoms with E-state index < -0.39 is 0 Å². The monoisotopic (exact) mass is 737 g/mol. The van der Waals surface area contributed by atoms with E-state index in [1.54, 1.807) is 0 Å². The van der Waals surface area contributed by atoms with Crippen LogP contribution >= 0.6 is 0 Å². The molecule has 276 valence electrons. The molecule has 0 saturated heterocycles. The molecule has 2 unspecified atom stereocenters. The minimum Gasteiger partial charge on any atom is -0.456 e. The van der Waals surface area contributed by atoms with Gasteiger partial charge in [-0.05, 0) is 105 Å². The van der Waals surface area contributed by atoms with Crippen molar-refractivity contribution in [1.29, 1.82) is 0 Å². The number of aromatic nitrogens is 1. The van der Waals surface area contributed by atoms with Gasteiger partial charge in [0.25, 0.3) is 0 Å². The number of rotatable bonds is 4. The van der Waals surface area contributed by atoms with Gasteiger partial charge < -0.3 is 19.2 Å². The van der Waals surface area contributed by atoms with Crippen LogP contribution in [0.2, 0.25) is 0 Å². The lowest BCUT2D eigenvalue weighted by Crippen LogP contribution is -2.54. The second kappa shape index (κ2) is 11.7. The van der Waals surface area contributed by atoms with Crippen LogP contribution in [0.1, 0.15) is 56.2 Å². The third-order valence-electron chi connectivity index (χ3n) is 14.3. The molecule has 4 nitrogen and oxygen atoms in total. The maximum absolute atomic E-state index is 6.69. The number of nitrogens with one attached hydrogen (secondary N) is 1. The largest absolute Gasteiger partial charge is 0.456 e. The van der Waals surface area contributed by atoms with E-state index in [-0.39, 0.29) is 11.0 Å². The number of hydrogen-bond donors (Lipinski definition) is 1. The van der Waals surface area contributed by atoms with E-state index in [9.17, 15) is 0 Å². The van der Waals surface area contributed by atoms with Crippen molar-refractivity contribution in [2.24, 2.45) is 0 Å². The molecule has 2 atom stereocenters. The number of hydrogen-bond acceptors (Lipinski definition) is 3. The first-order valence-corrected chi connectivity index (χ1v) is 20.7. The number of fused-ring (bicyclic) bond motifs is 11. The maximum Gasteiger partial charge on any atom is 0.198 e. The Balaban J connectivity index is 1.24. The fourth-order valence-corrected chi connectivity index (χ4v) is 11.3. The molecule has 5 heteroatoms. The summed E-state index contributed by atoms with van der Waals surface area (Å²) < 4.78 is 9.27. The third kappa shape index (κ3) is 4.46. The average molecular weight is 738 g/mol. The molecule has 1 saturated carbocycles. The summed E-state index contributed by atoms with van der Waals surface area (Å²) in [5.74, 6) is 0. The molecule has 0 bridgehead atoms. The normalized spacial score (nSPS) is 19.5. The van der Waals surface area contributed by atoms with Crippen molar-refractivity contribution in [2.45, 2.75) is 64.3 Å². The first kappa shape index (κ1) is 33.0. The van der Waals surface area contributed by atoms with Crippen molar-refractivity contribution in [3.8, 4) is 16.8 Å². The summed E-state index contributed by atoms with van der Waals surface area (Å²) in [6.45, 7) is 9.46. The summed E-state index contributed by atoms with van der Waals surface area (Å²) in [6, 6.07) is 49.8. The van der Waals surface area contributed by atoms with Crippen LogP contribution in [0.4, 0.5) is 22.7 Å². The van der Waals surface area contributed by atoms with Crippen molar-refractivity contribution in [3.05, 3.63) is 150 Å². The van der Waals surface area contributed by atoms with Gasteiger partial charge in [0.15, 0.2) is 7.28 Å². The van der Waals surface area contributed by atoms with E-state index in [1.165, 1.54) is 91.3 Å². The van der Waals surface area contributed by atoms with Crippen molar-refractivity contribution in [3.63, 3.8) is 0 Å². The molecular weight excluding hydrogens is 693 g/mol. The highest BCUT2D eigenvalue weighted by Gasteiger charge is 2.58. The van der Waals surface area contributed by atoms with E-state index in [4.69, 9.17) is 4.42 Å². The zero-order valence-corrected chi connectivity index (χ0v) is 33.0. The fraction of sp³-hybridized carbons (Fsp3) is 0.192. The Morgan fingerprint density at radius 3 is 2.26 bits per heavy atom. The molecule has 4 heterocycles. The third-order valence-corrected chi connectivity index (χ3v) is 14.3. The highest BCUT2D eigenvalue weighted by molar-refractivity contribution is 6.73. The topological polar surface area (TPSA) is 33.3 Å². The molecule has 9 aromatic rings. The van der Waals surface area contributed by atoms with Crippen LogP contribution in [0.3, 0.4) is 0 Å². The molecule has 7 aromatic carbocycles. The van der Waals surface area contributed by atoms with Gasteiger partial charge in [0, 0.05) is 55.3 Å². The molecule has 1 N–H and O–H groups in total. The predicted molar refractivity (Wildman–Crippen MR) is 242 cm³/mol. The van der Waals surface area contributed by atoms with Gasteiger partial charge in [-0.3, -0.25) is 0 Å². The van der Waals surface area contributed by atoms with Crippen LogP contribution in [0.25, 0.3) is 60.6 Å². The Morgan fingerprint density at radius 1 is 0.632 bits per heavy atom. The lowest BCUT2D eigenvalue weighted by atomic mass is 9.58. The van der Waals surface area contributed by atoms with Crippen LogP contribution in [-0.4, -0.2) is 17.4 Å². The molecule has 57 heavy (non-hydrogen) atoms. The molecule has 3 aliphatic rings. The summed E-state index contributed by atoms with van der Waals surface area (Å²) in [6.07, 6.45) is 4.82. The summed E-state index contributed by atoms with van der Waals surface area (Å²) in [5.41, 5.74) is 19.5. The van der Waals surface area contributed by atoms with Crippen LogP contribution in [0, 0.1) is 13.8 Å². The number of nitrogens with zero attached hydrogens (tertiary/aromatic N) is 2. The summed E-state index contributed by atoms with van der Waals surface area (Å²) in [5, 5.41) is 8.83. The molecule has 12 rings (SSSR count). The molecule has 1 fully saturated rings. The molecule has 0 radical (unpaired) electrons. The molecule has 2 aliphatic heterocycles. The number of anilines is 4. The van der Waals surface area contributed by atoms with Gasteiger partial charge in [0.1, 0.15) is 11.2 Å². The van der Waals surface area contributed by atoms with Gasteiger partial charge in [-0.25, -0.2) is 0 Å². The number of aryl methyl sites for hydroxylation is 2. The van der Waals surface area contributed by atoms with E-state index in [1.807, 2.05) is 0 Å². The number of benzene rings is 7. The Hall–Kier alpha value is -6.20. The van der Waals surface area contributed by atoms with Crippen molar-refractivity contribution in [1.82, 2.24) is 4.57 Å². The Labute approximate surface area is 334 Å². The van der Waals surface area contributed by atoms with Gasteiger partial charge in [-0.2, -0.15) is 0 Å². The second-order valence-electron chi connectivity index (χ2n) is 17.5. The smallest absolute Gasteiger partial charge is 0.198 e. The summed E-state index contributed by atoms with van der Waals surface area (Å²) in [4.78, 5) is 2.79. The Morgan fingerprint density at radius 2 is 1.39 bits per heavy atom. The van der Waals surface area contributed by atoms with Crippen LogP contribution < -0.4 is 21.1 Å². The first-order chi connectivity index (χ1) is 27.8. The van der Waals surface area contributed by atoms with E-state index in [0.29, 0.717) is 0 Å². The second-order valence-corrected chi connectivity index (χ2v) is 17.5. The number of furan rings is 1. The van der Waals surface area contributed by atoms with E-state index >= 15 is 0 Å². The van der Waals surface area contributed by atoms with Gasteiger partial charge in [-0.15, -0.1) is 0 Å². The van der Waals surface area contributed by atoms with Crippen molar-refractivity contribution < 1.29 is 4.42 Å². The minimum atomic E-state index is -0.103. The highest BCUT2D eigenvalue weighted by Crippen LogP contribution is 2.62. The van der Waals surface area contributed by atoms with Crippen molar-refractivity contribution >= 4 is 84.7 Å². The zero-order chi connectivity index (χ0) is 38.2. The Bertz CT molecular complexity index is 3150. The van der Waals surface area contributed by atoms with Crippen LogP contribution in [-0.2, 0) is 5.41 Å². The summed E-state index contributed by atoms with van der Waals surface area (Å²) in [7, 11) is 0.840. The number of para-hydroxylation sites is 3. The lowest BCUT2D eigenvalue weighted by molar-refractivity contribution is 0.195. The SMILES string of the molecule is Cc1ccc(Nc2cc3c(cc2-c2cc(N4c5ccccc5C5(C)CCCCC45C)c4c5ccccc5n5c4c2Bc2cc(C)ccc2-5)oc2ccccc23)cc1. The molecule has 0 spiro atoms. The van der Waals surface area contributed by atoms with Crippen LogP contribution in [0.15, 0.2) is 138 Å². The lowest BCUT2D eigenvalue weighted by Gasteiger charge is -2.50. The molecule has 0 amide bonds. The minimum absolute atomic E-state index is 0.0257. The molecule has 1 aliphatic carbocycles. The van der Waals surface area contributed by atoms with Gasteiger partial charge >= 0.3 is 0 Å². The average Bonchev–Trinajstić information content (AvgIpc) is 3.83. The molecular formula is C52H44BN3O. The molecule has 2 aromatic heterocycles. The predicted octanol–water partition coefficient (Wildman–Crippen LogP) is 12.2. The highest BCUT2D eigenvalue weighted by atomic mass is 16.3. The zero-order valence-electron chi connectivity index (χ0n) is 33.0. The van der Waals surface area contributed by atoms with Gasteiger partial charge in [-0.1, -0.05) is 115 Å². The van der Waals surface area contributed by atoms with E-state index in [0.717, 1.165) is 52.6 Å². The maximum atomic E-state index is 6.69. The van der Waals surface area contributed by atoms with E-state index in [2.05, 4.69) is 176 Å². The quantitative estimate of drug-likeness (QED) is 0.183. The van der Waals surface area contributed by atoms with Gasteiger partial charge in [0.2, 0.25) is 0 Å². The summed E-state index contributed by atoms with van der Waals surface area (Å²) >= 11 is 0. The van der Waals surface area contributed by atoms with Crippen LogP contribution in [0.5, 0.6) is 0 Å². The van der Waals surface area contributed by atoms with Crippen molar-refractivity contribution in [2.75, 3.05) is 10.2 Å². The standard InChI is InChI=1S/C52H44BN3O/c1-31-19-22-33(23-20-31)54-41-28-37-34-13-6-10-18-46(34)57-47(37)30-36(41)38-29-45(56-43-17-9-7-15-39(43)51(3)25-11-12-26-52(51,56)4)48-35-14-5-8-16-42(35)55-44-24-21-32(2)27-40(44)53-49(38)50(48)55/h5-10,13-24,27-30,53-54H,11-12,25-26H2,1-4H3. The first-order valence-electron chi connectivity index (χ1n) is 20.7.